The van der Waals surface area contributed by atoms with Crippen molar-refractivity contribution < 1.29 is 14.3 Å². The molecule has 0 spiro atoms. The largest absolute Gasteiger partial charge is 0.463 e. The molecule has 0 saturated carbocycles. The lowest BCUT2D eigenvalue weighted by molar-refractivity contribution is -0.154. The van der Waals surface area contributed by atoms with Crippen molar-refractivity contribution in [2.45, 2.75) is 130 Å². The summed E-state index contributed by atoms with van der Waals surface area (Å²) in [6, 6.07) is 0. The molecule has 0 aliphatic carbocycles. The Hall–Kier alpha value is -0.570. The maximum atomic E-state index is 11.9. The Bertz CT molecular complexity index is 312. The molecule has 0 fully saturated rings. The fourth-order valence-corrected chi connectivity index (χ4v) is 3.03. The lowest BCUT2D eigenvalue weighted by Gasteiger charge is -2.30. The van der Waals surface area contributed by atoms with Gasteiger partial charge in [0.05, 0.1) is 11.7 Å². The van der Waals surface area contributed by atoms with Crippen LogP contribution in [0, 0.1) is 0 Å². The molecule has 150 valence electrons. The minimum atomic E-state index is -0.139. The first kappa shape index (κ1) is 24.4. The number of hydrogen-bond acceptors (Lipinski definition) is 3. The normalized spacial score (nSPS) is 13.0. The van der Waals surface area contributed by atoms with Crippen molar-refractivity contribution in [1.29, 1.82) is 0 Å². The van der Waals surface area contributed by atoms with Gasteiger partial charge >= 0.3 is 5.97 Å². The van der Waals surface area contributed by atoms with Gasteiger partial charge in [0.15, 0.2) is 0 Å². The van der Waals surface area contributed by atoms with Gasteiger partial charge in [-0.15, -0.1) is 0 Å². The van der Waals surface area contributed by atoms with Crippen LogP contribution in [0.25, 0.3) is 0 Å². The fourth-order valence-electron chi connectivity index (χ4n) is 3.03. The molecule has 0 bridgehead atoms. The molecule has 0 amide bonds. The van der Waals surface area contributed by atoms with Gasteiger partial charge in [-0.1, -0.05) is 78.6 Å². The lowest BCUT2D eigenvalue weighted by atomic mass is 9.99. The minimum Gasteiger partial charge on any atom is -0.463 e. The zero-order chi connectivity index (χ0) is 19.0. The molecule has 0 aromatic rings. The van der Waals surface area contributed by atoms with Gasteiger partial charge in [-0.3, -0.25) is 4.79 Å². The molecular formula is C22H44O3. The first-order valence-corrected chi connectivity index (χ1v) is 10.8. The molecule has 0 aliphatic heterocycles. The van der Waals surface area contributed by atoms with E-state index >= 15 is 0 Å². The molecule has 3 nitrogen and oxygen atoms in total. The van der Waals surface area contributed by atoms with E-state index in [4.69, 9.17) is 9.47 Å². The molecule has 1 unspecified atom stereocenters. The first-order valence-electron chi connectivity index (χ1n) is 10.8. The first-order chi connectivity index (χ1) is 11.9. The summed E-state index contributed by atoms with van der Waals surface area (Å²) in [5.74, 6) is -0.0732. The van der Waals surface area contributed by atoms with Crippen molar-refractivity contribution in [3.05, 3.63) is 0 Å². The Labute approximate surface area is 157 Å². The topological polar surface area (TPSA) is 35.5 Å². The molecule has 1 atom stereocenters. The number of ether oxygens (including phenoxy) is 2. The van der Waals surface area contributed by atoms with Gasteiger partial charge < -0.3 is 9.47 Å². The van der Waals surface area contributed by atoms with Crippen LogP contribution in [0.5, 0.6) is 0 Å². The van der Waals surface area contributed by atoms with Gasteiger partial charge in [0, 0.05) is 6.42 Å². The smallest absolute Gasteiger partial charge is 0.305 e. The Morgan fingerprint density at radius 1 is 0.840 bits per heavy atom. The van der Waals surface area contributed by atoms with Gasteiger partial charge in [0.2, 0.25) is 0 Å². The highest BCUT2D eigenvalue weighted by atomic mass is 16.6. The summed E-state index contributed by atoms with van der Waals surface area (Å²) in [5, 5.41) is 0. The van der Waals surface area contributed by atoms with Gasteiger partial charge in [-0.05, 0) is 33.1 Å². The number of unbranched alkanes of at least 4 members (excludes halogenated alkanes) is 8. The van der Waals surface area contributed by atoms with E-state index in [0.29, 0.717) is 13.0 Å². The van der Waals surface area contributed by atoms with E-state index in [0.717, 1.165) is 25.7 Å². The van der Waals surface area contributed by atoms with Gasteiger partial charge in [-0.2, -0.15) is 0 Å². The minimum absolute atomic E-state index is 0.00897. The predicted octanol–water partition coefficient (Wildman–Crippen LogP) is 6.82. The molecule has 0 aliphatic rings. The highest BCUT2D eigenvalue weighted by Gasteiger charge is 2.23. The van der Waals surface area contributed by atoms with Crippen LogP contribution in [0.15, 0.2) is 0 Å². The van der Waals surface area contributed by atoms with Crippen LogP contribution in [0.3, 0.4) is 0 Å². The Kier molecular flexibility index (Phi) is 15.3. The second-order valence-corrected chi connectivity index (χ2v) is 7.92. The summed E-state index contributed by atoms with van der Waals surface area (Å²) >= 11 is 0. The van der Waals surface area contributed by atoms with Crippen molar-refractivity contribution in [2.24, 2.45) is 0 Å². The average Bonchev–Trinajstić information content (AvgIpc) is 2.58. The third kappa shape index (κ3) is 15.4. The SMILES string of the molecule is CCCCCCCC(=O)OCC(CC)OC(C)(C)CCCCCCC. The van der Waals surface area contributed by atoms with E-state index < -0.39 is 0 Å². The summed E-state index contributed by atoms with van der Waals surface area (Å²) in [5.41, 5.74) is -0.139. The Morgan fingerprint density at radius 3 is 1.96 bits per heavy atom. The Morgan fingerprint density at radius 2 is 1.40 bits per heavy atom. The van der Waals surface area contributed by atoms with Crippen molar-refractivity contribution in [2.75, 3.05) is 6.61 Å². The molecule has 0 aromatic carbocycles. The van der Waals surface area contributed by atoms with E-state index in [1.807, 2.05) is 0 Å². The van der Waals surface area contributed by atoms with E-state index in [9.17, 15) is 4.79 Å². The highest BCUT2D eigenvalue weighted by molar-refractivity contribution is 5.69. The van der Waals surface area contributed by atoms with Crippen LogP contribution in [-0.4, -0.2) is 24.3 Å². The monoisotopic (exact) mass is 356 g/mol. The summed E-state index contributed by atoms with van der Waals surface area (Å²) in [4.78, 5) is 11.9. The van der Waals surface area contributed by atoms with Crippen LogP contribution < -0.4 is 0 Å². The van der Waals surface area contributed by atoms with Crippen LogP contribution in [0.4, 0.5) is 0 Å². The van der Waals surface area contributed by atoms with E-state index in [1.165, 1.54) is 51.4 Å². The number of carbonyl (C=O) groups is 1. The molecule has 0 heterocycles. The second kappa shape index (κ2) is 15.7. The lowest BCUT2D eigenvalue weighted by Crippen LogP contribution is -2.33. The molecule has 0 rings (SSSR count). The number of esters is 1. The molecular weight excluding hydrogens is 312 g/mol. The Balaban J connectivity index is 3.92. The van der Waals surface area contributed by atoms with Gasteiger partial charge in [0.25, 0.3) is 0 Å². The zero-order valence-corrected chi connectivity index (χ0v) is 17.7. The molecule has 0 radical (unpaired) electrons. The maximum Gasteiger partial charge on any atom is 0.305 e. The quantitative estimate of drug-likeness (QED) is 0.212. The predicted molar refractivity (Wildman–Crippen MR) is 107 cm³/mol. The van der Waals surface area contributed by atoms with Crippen LogP contribution in [0.2, 0.25) is 0 Å². The van der Waals surface area contributed by atoms with Crippen LogP contribution in [0.1, 0.15) is 118 Å². The van der Waals surface area contributed by atoms with E-state index in [2.05, 4.69) is 34.6 Å². The molecule has 0 saturated heterocycles. The third-order valence-electron chi connectivity index (χ3n) is 4.74. The van der Waals surface area contributed by atoms with Gasteiger partial charge in [-0.25, -0.2) is 0 Å². The fraction of sp³-hybridized carbons (Fsp3) is 0.955. The van der Waals surface area contributed by atoms with Crippen molar-refractivity contribution in [3.63, 3.8) is 0 Å². The number of rotatable bonds is 17. The second-order valence-electron chi connectivity index (χ2n) is 7.92. The summed E-state index contributed by atoms with van der Waals surface area (Å²) in [6.07, 6.45) is 14.7. The van der Waals surface area contributed by atoms with E-state index in [-0.39, 0.29) is 17.7 Å². The number of carbonyl (C=O) groups excluding carboxylic acids is 1. The molecule has 25 heavy (non-hydrogen) atoms. The van der Waals surface area contributed by atoms with Crippen LogP contribution >= 0.6 is 0 Å². The molecule has 0 N–H and O–H groups in total. The maximum absolute atomic E-state index is 11.9. The summed E-state index contributed by atoms with van der Waals surface area (Å²) in [7, 11) is 0. The highest BCUT2D eigenvalue weighted by Crippen LogP contribution is 2.22. The molecule has 3 heteroatoms. The van der Waals surface area contributed by atoms with Gasteiger partial charge in [0.1, 0.15) is 6.61 Å². The average molecular weight is 357 g/mol. The standard InChI is InChI=1S/C22H44O3/c1-6-9-11-13-15-17-21(23)24-19-20(8-3)25-22(4,5)18-16-14-12-10-7-2/h20H,6-19H2,1-5H3. The third-order valence-corrected chi connectivity index (χ3v) is 4.74. The number of hydrogen-bond donors (Lipinski definition) is 0. The summed E-state index contributed by atoms with van der Waals surface area (Å²) < 4.78 is 11.7. The van der Waals surface area contributed by atoms with Crippen molar-refractivity contribution in [3.8, 4) is 0 Å². The van der Waals surface area contributed by atoms with E-state index in [1.54, 1.807) is 0 Å². The molecule has 0 aromatic heterocycles. The zero-order valence-electron chi connectivity index (χ0n) is 17.7. The van der Waals surface area contributed by atoms with Crippen molar-refractivity contribution in [1.82, 2.24) is 0 Å². The van der Waals surface area contributed by atoms with Crippen molar-refractivity contribution >= 4 is 5.97 Å². The summed E-state index contributed by atoms with van der Waals surface area (Å²) in [6.45, 7) is 11.2. The van der Waals surface area contributed by atoms with Crippen LogP contribution in [-0.2, 0) is 14.3 Å².